The number of nitrogens with one attached hydrogen (secondary N) is 2. The lowest BCUT2D eigenvalue weighted by atomic mass is 10.1. The van der Waals surface area contributed by atoms with Gasteiger partial charge in [0.2, 0.25) is 11.8 Å². The molecule has 0 bridgehead atoms. The van der Waals surface area contributed by atoms with Crippen LogP contribution in [0.3, 0.4) is 0 Å². The van der Waals surface area contributed by atoms with Crippen LogP contribution in [0.2, 0.25) is 0 Å². The average molecular weight is 355 g/mol. The van der Waals surface area contributed by atoms with Crippen molar-refractivity contribution >= 4 is 35.0 Å². The van der Waals surface area contributed by atoms with Gasteiger partial charge in [0.15, 0.2) is 0 Å². The van der Waals surface area contributed by atoms with Crippen molar-refractivity contribution in [3.63, 3.8) is 0 Å². The molecule has 0 saturated heterocycles. The Balaban J connectivity index is 1.83. The second kappa shape index (κ2) is 9.64. The van der Waals surface area contributed by atoms with E-state index in [4.69, 9.17) is 0 Å². The molecule has 6 heteroatoms. The predicted molar refractivity (Wildman–Crippen MR) is 104 cm³/mol. The zero-order valence-electron chi connectivity index (χ0n) is 14.3. The Morgan fingerprint density at radius 3 is 2.52 bits per heavy atom. The van der Waals surface area contributed by atoms with Gasteiger partial charge < -0.3 is 5.32 Å². The van der Waals surface area contributed by atoms with Crippen LogP contribution in [0.25, 0.3) is 0 Å². The highest BCUT2D eigenvalue weighted by molar-refractivity contribution is 7.99. The third-order valence-electron chi connectivity index (χ3n) is 3.29. The summed E-state index contributed by atoms with van der Waals surface area (Å²) < 4.78 is 0. The number of rotatable bonds is 7. The van der Waals surface area contributed by atoms with E-state index in [9.17, 15) is 9.59 Å². The smallest absolute Gasteiger partial charge is 0.250 e. The number of anilines is 1. The number of nitrogens with zero attached hydrogens (tertiary/aromatic N) is 1. The molecule has 0 atom stereocenters. The maximum Gasteiger partial charge on any atom is 0.250 e. The Hall–Kier alpha value is -2.60. The minimum Gasteiger partial charge on any atom is -0.326 e. The van der Waals surface area contributed by atoms with Crippen molar-refractivity contribution in [3.05, 3.63) is 65.7 Å². The van der Waals surface area contributed by atoms with Crippen molar-refractivity contribution in [2.24, 2.45) is 5.10 Å². The predicted octanol–water partition coefficient (Wildman–Crippen LogP) is 3.42. The fourth-order valence-corrected chi connectivity index (χ4v) is 2.88. The molecule has 2 N–H and O–H groups in total. The highest BCUT2D eigenvalue weighted by Gasteiger charge is 2.04. The monoisotopic (exact) mass is 355 g/mol. The number of hydrogen-bond donors (Lipinski definition) is 2. The molecule has 0 aliphatic heterocycles. The number of hydrogen-bond acceptors (Lipinski definition) is 4. The van der Waals surface area contributed by atoms with E-state index in [0.29, 0.717) is 17.2 Å². The summed E-state index contributed by atoms with van der Waals surface area (Å²) in [5.74, 6) is 0.863. The molecule has 0 aliphatic rings. The summed E-state index contributed by atoms with van der Waals surface area (Å²) in [5.41, 5.74) is 5.97. The minimum atomic E-state index is -0.140. The molecule has 0 aromatic heterocycles. The number of amides is 2. The van der Waals surface area contributed by atoms with E-state index in [1.807, 2.05) is 55.5 Å². The van der Waals surface area contributed by atoms with Crippen LogP contribution in [0, 0.1) is 0 Å². The molecule has 2 aromatic rings. The molecular weight excluding hydrogens is 334 g/mol. The van der Waals surface area contributed by atoms with E-state index >= 15 is 0 Å². The van der Waals surface area contributed by atoms with Crippen molar-refractivity contribution < 1.29 is 9.59 Å². The number of carbonyl (C=O) groups excluding carboxylic acids is 2. The number of carbonyl (C=O) groups is 2. The van der Waals surface area contributed by atoms with Gasteiger partial charge in [0.25, 0.3) is 0 Å². The van der Waals surface area contributed by atoms with Crippen LogP contribution < -0.4 is 10.7 Å². The van der Waals surface area contributed by atoms with Crippen molar-refractivity contribution in [3.8, 4) is 0 Å². The van der Waals surface area contributed by atoms with Gasteiger partial charge in [-0.15, -0.1) is 11.8 Å². The van der Waals surface area contributed by atoms with E-state index in [-0.39, 0.29) is 11.8 Å². The Morgan fingerprint density at radius 1 is 1.04 bits per heavy atom. The molecule has 0 saturated carbocycles. The van der Waals surface area contributed by atoms with Crippen LogP contribution in [0.4, 0.5) is 5.69 Å². The quantitative estimate of drug-likeness (QED) is 0.590. The molecule has 0 unspecified atom stereocenters. The van der Waals surface area contributed by atoms with E-state index in [1.165, 1.54) is 12.5 Å². The molecule has 2 amide bonds. The Bertz CT molecular complexity index is 760. The van der Waals surface area contributed by atoms with Crippen molar-refractivity contribution in [1.29, 1.82) is 0 Å². The molecule has 2 rings (SSSR count). The summed E-state index contributed by atoms with van der Waals surface area (Å²) in [5, 5.41) is 6.86. The van der Waals surface area contributed by atoms with E-state index in [1.54, 1.807) is 17.8 Å². The molecule has 2 aromatic carbocycles. The fourth-order valence-electron chi connectivity index (χ4n) is 2.10. The SMILES string of the molecule is CC(=O)Nc1cccc(/C(C)=N\NC(=O)CSCc2ccccc2)c1. The van der Waals surface area contributed by atoms with Crippen LogP contribution in [-0.2, 0) is 15.3 Å². The Labute approximate surface area is 151 Å². The molecule has 0 spiro atoms. The molecule has 0 radical (unpaired) electrons. The third kappa shape index (κ3) is 6.81. The Morgan fingerprint density at radius 2 is 1.80 bits per heavy atom. The highest BCUT2D eigenvalue weighted by atomic mass is 32.2. The van der Waals surface area contributed by atoms with E-state index in [2.05, 4.69) is 15.8 Å². The molecule has 5 nitrogen and oxygen atoms in total. The van der Waals surface area contributed by atoms with Gasteiger partial charge in [0, 0.05) is 18.4 Å². The first kappa shape index (κ1) is 18.7. The van der Waals surface area contributed by atoms with Gasteiger partial charge in [-0.1, -0.05) is 42.5 Å². The molecule has 25 heavy (non-hydrogen) atoms. The largest absolute Gasteiger partial charge is 0.326 e. The highest BCUT2D eigenvalue weighted by Crippen LogP contribution is 2.12. The first-order valence-electron chi connectivity index (χ1n) is 7.87. The summed E-state index contributed by atoms with van der Waals surface area (Å²) in [7, 11) is 0. The number of hydrazone groups is 1. The number of thioether (sulfide) groups is 1. The third-order valence-corrected chi connectivity index (χ3v) is 4.30. The van der Waals surface area contributed by atoms with Gasteiger partial charge in [0.05, 0.1) is 11.5 Å². The zero-order valence-corrected chi connectivity index (χ0v) is 15.1. The van der Waals surface area contributed by atoms with Crippen molar-refractivity contribution in [2.45, 2.75) is 19.6 Å². The molecule has 0 aliphatic carbocycles. The van der Waals surface area contributed by atoms with Gasteiger partial charge in [0.1, 0.15) is 0 Å². The summed E-state index contributed by atoms with van der Waals surface area (Å²) in [6.07, 6.45) is 0. The fraction of sp³-hybridized carbons (Fsp3) is 0.211. The number of benzene rings is 2. The van der Waals surface area contributed by atoms with Gasteiger partial charge in [-0.25, -0.2) is 5.43 Å². The summed E-state index contributed by atoms with van der Waals surface area (Å²) >= 11 is 1.54. The maximum atomic E-state index is 11.9. The Kier molecular flexibility index (Phi) is 7.22. The van der Waals surface area contributed by atoms with Gasteiger partial charge >= 0.3 is 0 Å². The first-order chi connectivity index (χ1) is 12.0. The van der Waals surface area contributed by atoms with Crippen molar-refractivity contribution in [2.75, 3.05) is 11.1 Å². The van der Waals surface area contributed by atoms with Crippen LogP contribution in [-0.4, -0.2) is 23.3 Å². The van der Waals surface area contributed by atoms with E-state index < -0.39 is 0 Å². The van der Waals surface area contributed by atoms with Crippen LogP contribution in [0.1, 0.15) is 25.0 Å². The molecular formula is C19H21N3O2S. The molecule has 0 fully saturated rings. The van der Waals surface area contributed by atoms with Crippen molar-refractivity contribution in [1.82, 2.24) is 5.43 Å². The van der Waals surface area contributed by atoms with Crippen LogP contribution >= 0.6 is 11.8 Å². The van der Waals surface area contributed by atoms with Crippen LogP contribution in [0.5, 0.6) is 0 Å². The first-order valence-corrected chi connectivity index (χ1v) is 9.03. The lowest BCUT2D eigenvalue weighted by molar-refractivity contribution is -0.118. The second-order valence-corrected chi connectivity index (χ2v) is 6.46. The normalized spacial score (nSPS) is 11.0. The summed E-state index contributed by atoms with van der Waals surface area (Å²) in [4.78, 5) is 23.0. The average Bonchev–Trinajstić information content (AvgIpc) is 2.60. The molecule has 0 heterocycles. The standard InChI is InChI=1S/C19H21N3O2S/c1-14(17-9-6-10-18(11-17)20-15(2)23)21-22-19(24)13-25-12-16-7-4-3-5-8-16/h3-11H,12-13H2,1-2H3,(H,20,23)(H,22,24)/b21-14-. The summed E-state index contributed by atoms with van der Waals surface area (Å²) in [6, 6.07) is 17.3. The van der Waals surface area contributed by atoms with Gasteiger partial charge in [-0.2, -0.15) is 5.10 Å². The molecule has 130 valence electrons. The zero-order chi connectivity index (χ0) is 18.1. The van der Waals surface area contributed by atoms with Gasteiger partial charge in [-0.05, 0) is 30.2 Å². The lowest BCUT2D eigenvalue weighted by Gasteiger charge is -2.06. The topological polar surface area (TPSA) is 70.6 Å². The lowest BCUT2D eigenvalue weighted by Crippen LogP contribution is -2.21. The van der Waals surface area contributed by atoms with Gasteiger partial charge in [-0.3, -0.25) is 9.59 Å². The minimum absolute atomic E-state index is 0.129. The summed E-state index contributed by atoms with van der Waals surface area (Å²) in [6.45, 7) is 3.27. The van der Waals surface area contributed by atoms with E-state index in [0.717, 1.165) is 11.3 Å². The second-order valence-electron chi connectivity index (χ2n) is 5.47. The maximum absolute atomic E-state index is 11.9. The van der Waals surface area contributed by atoms with Crippen LogP contribution in [0.15, 0.2) is 59.7 Å².